The molecule has 0 bridgehead atoms. The molecule has 336 valence electrons. The average Bonchev–Trinajstić information content (AvgIpc) is 3.20. The van der Waals surface area contributed by atoms with Crippen LogP contribution in [0, 0.1) is 0 Å². The molecule has 3 atom stereocenters. The van der Waals surface area contributed by atoms with Gasteiger partial charge in [0.1, 0.15) is 12.7 Å². The maximum Gasteiger partial charge on any atom is 0.472 e. The number of aliphatic hydroxyl groups is 2. The number of rotatable bonds is 44. The summed E-state index contributed by atoms with van der Waals surface area (Å²) in [6.07, 6.45) is 42.8. The molecule has 57 heavy (non-hydrogen) atoms. The molecule has 0 saturated carbocycles. The van der Waals surface area contributed by atoms with Gasteiger partial charge in [0.2, 0.25) is 0 Å². The average molecular weight is 831 g/mol. The lowest BCUT2D eigenvalue weighted by Gasteiger charge is -2.20. The van der Waals surface area contributed by atoms with Crippen molar-refractivity contribution in [2.24, 2.45) is 0 Å². The van der Waals surface area contributed by atoms with Crippen molar-refractivity contribution in [3.05, 3.63) is 24.3 Å². The third-order valence-corrected chi connectivity index (χ3v) is 11.0. The second kappa shape index (κ2) is 42.6. The Morgan fingerprint density at radius 2 is 0.860 bits per heavy atom. The number of carbonyl (C=O) groups is 2. The smallest absolute Gasteiger partial charge is 0.462 e. The van der Waals surface area contributed by atoms with Crippen LogP contribution in [0.15, 0.2) is 24.3 Å². The molecule has 0 radical (unpaired) electrons. The highest BCUT2D eigenvalue weighted by molar-refractivity contribution is 7.47. The first kappa shape index (κ1) is 55.5. The molecular formula is C46H87O10P. The molecule has 10 nitrogen and oxygen atoms in total. The maximum atomic E-state index is 12.6. The van der Waals surface area contributed by atoms with Crippen molar-refractivity contribution in [3.63, 3.8) is 0 Å². The van der Waals surface area contributed by atoms with Gasteiger partial charge in [0.05, 0.1) is 19.8 Å². The Morgan fingerprint density at radius 1 is 0.509 bits per heavy atom. The third-order valence-electron chi connectivity index (χ3n) is 10.1. The fourth-order valence-corrected chi connectivity index (χ4v) is 7.24. The van der Waals surface area contributed by atoms with E-state index in [1.165, 1.54) is 141 Å². The van der Waals surface area contributed by atoms with Crippen LogP contribution in [0.4, 0.5) is 0 Å². The summed E-state index contributed by atoms with van der Waals surface area (Å²) in [4.78, 5) is 35.1. The minimum atomic E-state index is -4.62. The summed E-state index contributed by atoms with van der Waals surface area (Å²) < 4.78 is 32.8. The highest BCUT2D eigenvalue weighted by atomic mass is 31.2. The van der Waals surface area contributed by atoms with Crippen LogP contribution < -0.4 is 0 Å². The van der Waals surface area contributed by atoms with Gasteiger partial charge in [-0.1, -0.05) is 167 Å². The van der Waals surface area contributed by atoms with Crippen LogP contribution in [0.2, 0.25) is 0 Å². The first-order chi connectivity index (χ1) is 27.7. The lowest BCUT2D eigenvalue weighted by molar-refractivity contribution is -0.161. The quantitative estimate of drug-likeness (QED) is 0.0234. The molecule has 0 aliphatic heterocycles. The monoisotopic (exact) mass is 831 g/mol. The Kier molecular flexibility index (Phi) is 41.4. The second-order valence-electron chi connectivity index (χ2n) is 15.8. The van der Waals surface area contributed by atoms with E-state index in [1.54, 1.807) is 0 Å². The van der Waals surface area contributed by atoms with E-state index in [4.69, 9.17) is 23.6 Å². The van der Waals surface area contributed by atoms with Crippen LogP contribution in [0.5, 0.6) is 0 Å². The summed E-state index contributed by atoms with van der Waals surface area (Å²) in [6.45, 7) is 2.38. The number of unbranched alkanes of at least 4 members (excludes halogenated alkanes) is 26. The zero-order valence-corrected chi connectivity index (χ0v) is 37.5. The van der Waals surface area contributed by atoms with Crippen LogP contribution in [0.25, 0.3) is 0 Å². The van der Waals surface area contributed by atoms with Gasteiger partial charge in [-0.2, -0.15) is 0 Å². The fraction of sp³-hybridized carbons (Fsp3) is 0.870. The van der Waals surface area contributed by atoms with Crippen molar-refractivity contribution < 1.29 is 47.8 Å². The van der Waals surface area contributed by atoms with Gasteiger partial charge in [-0.25, -0.2) is 4.57 Å². The minimum absolute atomic E-state index is 0.184. The first-order valence-corrected chi connectivity index (χ1v) is 24.8. The number of hydrogen-bond acceptors (Lipinski definition) is 9. The summed E-state index contributed by atoms with van der Waals surface area (Å²) >= 11 is 0. The molecule has 0 aliphatic rings. The second-order valence-corrected chi connectivity index (χ2v) is 17.2. The first-order valence-electron chi connectivity index (χ1n) is 23.3. The molecule has 0 aliphatic carbocycles. The molecule has 0 aromatic heterocycles. The van der Waals surface area contributed by atoms with Gasteiger partial charge >= 0.3 is 19.8 Å². The molecule has 0 aromatic rings. The Balaban J connectivity index is 4.23. The van der Waals surface area contributed by atoms with Gasteiger partial charge in [0, 0.05) is 12.8 Å². The highest BCUT2D eigenvalue weighted by Crippen LogP contribution is 2.43. The van der Waals surface area contributed by atoms with Crippen LogP contribution in [-0.4, -0.2) is 65.7 Å². The molecule has 0 saturated heterocycles. The normalized spacial score (nSPS) is 14.0. The van der Waals surface area contributed by atoms with Crippen molar-refractivity contribution in [2.75, 3.05) is 26.4 Å². The van der Waals surface area contributed by atoms with Crippen molar-refractivity contribution >= 4 is 19.8 Å². The number of phosphoric acid groups is 1. The lowest BCUT2D eigenvalue weighted by Crippen LogP contribution is -2.29. The van der Waals surface area contributed by atoms with E-state index in [1.807, 2.05) is 0 Å². The Morgan fingerprint density at radius 3 is 1.26 bits per heavy atom. The third kappa shape index (κ3) is 42.4. The van der Waals surface area contributed by atoms with E-state index in [9.17, 15) is 24.2 Å². The zero-order chi connectivity index (χ0) is 41.9. The van der Waals surface area contributed by atoms with Gasteiger partial charge < -0.3 is 24.6 Å². The molecule has 0 spiro atoms. The molecule has 11 heteroatoms. The Labute approximate surface area is 348 Å². The SMILES string of the molecule is CCCCCC/C=C/CCCCCCCCCCCC(=O)OC[C@H](COP(=O)(O)OC[C@@H](O)CO)OC(=O)CCCCCCCCCCC/C=C/CCCCCC. The molecular weight excluding hydrogens is 743 g/mol. The molecule has 3 N–H and O–H groups in total. The molecule has 0 fully saturated rings. The van der Waals surface area contributed by atoms with Gasteiger partial charge in [-0.05, 0) is 64.2 Å². The van der Waals surface area contributed by atoms with E-state index >= 15 is 0 Å². The van der Waals surface area contributed by atoms with Crippen molar-refractivity contribution in [3.8, 4) is 0 Å². The zero-order valence-electron chi connectivity index (χ0n) is 36.6. The summed E-state index contributed by atoms with van der Waals surface area (Å²) in [5, 5.41) is 18.4. The van der Waals surface area contributed by atoms with Gasteiger partial charge in [0.25, 0.3) is 0 Å². The fourth-order valence-electron chi connectivity index (χ4n) is 6.45. The number of esters is 2. The van der Waals surface area contributed by atoms with E-state index in [-0.39, 0.29) is 19.4 Å². The summed E-state index contributed by atoms with van der Waals surface area (Å²) in [7, 11) is -4.62. The Hall–Kier alpha value is -1.55. The number of allylic oxidation sites excluding steroid dienone is 4. The van der Waals surface area contributed by atoms with Gasteiger partial charge in [-0.15, -0.1) is 0 Å². The molecule has 0 rings (SSSR count). The minimum Gasteiger partial charge on any atom is -0.462 e. The largest absolute Gasteiger partial charge is 0.472 e. The number of aliphatic hydroxyl groups excluding tert-OH is 2. The van der Waals surface area contributed by atoms with Crippen molar-refractivity contribution in [2.45, 2.75) is 232 Å². The summed E-state index contributed by atoms with van der Waals surface area (Å²) in [5.41, 5.74) is 0. The summed E-state index contributed by atoms with van der Waals surface area (Å²) in [6, 6.07) is 0. The van der Waals surface area contributed by atoms with Crippen LogP contribution in [-0.2, 0) is 32.7 Å². The van der Waals surface area contributed by atoms with E-state index in [0.717, 1.165) is 38.5 Å². The number of hydrogen-bond donors (Lipinski definition) is 3. The Bertz CT molecular complexity index is 1000. The molecule has 0 amide bonds. The van der Waals surface area contributed by atoms with Crippen LogP contribution >= 0.6 is 7.82 Å². The van der Waals surface area contributed by atoms with E-state index < -0.39 is 51.8 Å². The van der Waals surface area contributed by atoms with Crippen molar-refractivity contribution in [1.82, 2.24) is 0 Å². The summed E-state index contributed by atoms with van der Waals surface area (Å²) in [5.74, 6) is -0.922. The molecule has 1 unspecified atom stereocenters. The van der Waals surface area contributed by atoms with E-state index in [0.29, 0.717) is 12.8 Å². The molecule has 0 heterocycles. The molecule has 0 aromatic carbocycles. The van der Waals surface area contributed by atoms with E-state index in [2.05, 4.69) is 38.2 Å². The van der Waals surface area contributed by atoms with Gasteiger partial charge in [-0.3, -0.25) is 18.6 Å². The maximum absolute atomic E-state index is 12.6. The highest BCUT2D eigenvalue weighted by Gasteiger charge is 2.27. The predicted molar refractivity (Wildman–Crippen MR) is 233 cm³/mol. The number of ether oxygens (including phenoxy) is 2. The van der Waals surface area contributed by atoms with Crippen LogP contribution in [0.3, 0.4) is 0 Å². The van der Waals surface area contributed by atoms with Crippen molar-refractivity contribution in [1.29, 1.82) is 0 Å². The van der Waals surface area contributed by atoms with Gasteiger partial charge in [0.15, 0.2) is 6.10 Å². The van der Waals surface area contributed by atoms with Crippen LogP contribution in [0.1, 0.15) is 219 Å². The lowest BCUT2D eigenvalue weighted by atomic mass is 10.1. The number of carbonyl (C=O) groups excluding carboxylic acids is 2. The number of phosphoric ester groups is 1. The predicted octanol–water partition coefficient (Wildman–Crippen LogP) is 12.6. The topological polar surface area (TPSA) is 149 Å². The standard InChI is InChI=1S/C46H87O10P/c1-3-5-7-9-11-13-15-17-19-21-23-25-27-29-31-33-35-37-45(49)53-41-44(42-55-57(51,52)54-40-43(48)39-47)56-46(50)38-36-34-32-30-28-26-24-22-20-18-16-14-12-10-8-6-4-2/h13-16,43-44,47-48H,3-12,17-42H2,1-2H3,(H,51,52)/b15-13+,16-14+/t43-,44+/m0/s1.